The average Bonchev–Trinajstić information content (AvgIpc) is 3.39. The molecule has 2 N–H and O–H groups in total. The largest absolute Gasteiger partial charge is 0.457 e. The number of ether oxygens (including phenoxy) is 1. The van der Waals surface area contributed by atoms with Crippen LogP contribution < -0.4 is 0 Å². The maximum Gasteiger partial charge on any atom is 0.309 e. The number of esters is 1. The lowest BCUT2D eigenvalue weighted by Gasteiger charge is -2.34. The summed E-state index contributed by atoms with van der Waals surface area (Å²) in [5.41, 5.74) is 2.06. The molecule has 1 saturated carbocycles. The van der Waals surface area contributed by atoms with E-state index in [2.05, 4.69) is 38.6 Å². The van der Waals surface area contributed by atoms with Crippen LogP contribution in [0.3, 0.4) is 0 Å². The fourth-order valence-corrected chi connectivity index (χ4v) is 6.98. The van der Waals surface area contributed by atoms with Gasteiger partial charge in [-0.2, -0.15) is 0 Å². The fraction of sp³-hybridized carbons (Fsp3) is 0.613. The van der Waals surface area contributed by atoms with Crippen molar-refractivity contribution in [2.75, 3.05) is 0 Å². The van der Waals surface area contributed by atoms with Gasteiger partial charge in [0.25, 0.3) is 0 Å². The van der Waals surface area contributed by atoms with Gasteiger partial charge in [-0.3, -0.25) is 9.59 Å². The second-order valence-electron chi connectivity index (χ2n) is 12.4. The number of thioether (sulfide) groups is 1. The minimum Gasteiger partial charge on any atom is -0.457 e. The summed E-state index contributed by atoms with van der Waals surface area (Å²) < 4.78 is 6.05. The van der Waals surface area contributed by atoms with Crippen molar-refractivity contribution >= 4 is 29.1 Å². The Morgan fingerprint density at radius 1 is 1.11 bits per heavy atom. The van der Waals surface area contributed by atoms with Crippen LogP contribution in [0.25, 0.3) is 5.57 Å². The smallest absolute Gasteiger partial charge is 0.309 e. The molecule has 0 radical (unpaired) electrons. The number of ketones is 1. The number of fused-ring (bicyclic) bond motifs is 2. The van der Waals surface area contributed by atoms with Crippen LogP contribution in [0.2, 0.25) is 0 Å². The standard InChI is InChI=1S/C31H42O5S/c1-17-9-8-12-31(7)16-22(31)14-24(21-10-11-25-23(13-21)18(2)20(4)37-25)36-27(33)15-26(32)30(5,6)29(35)19(3)28(17)34/h8-11,13,17,19-20,22,24,26,28,32,34H,2,12,14-16H2,1,3-7H3/b9-8+/t17-,19+,20?,22?,24-,26-,28-,31?/m0/s1. The normalized spacial score (nSPS) is 39.5. The zero-order valence-corrected chi connectivity index (χ0v) is 23.8. The Kier molecular flexibility index (Phi) is 7.87. The van der Waals surface area contributed by atoms with Crippen molar-refractivity contribution in [3.63, 3.8) is 0 Å². The molecule has 4 rings (SSSR count). The second-order valence-corrected chi connectivity index (χ2v) is 13.8. The summed E-state index contributed by atoms with van der Waals surface area (Å²) in [5, 5.41) is 22.1. The molecule has 8 atom stereocenters. The number of cyclic esters (lactones) is 1. The Hall–Kier alpha value is -1.89. The van der Waals surface area contributed by atoms with E-state index in [1.807, 2.05) is 19.1 Å². The lowest BCUT2D eigenvalue weighted by atomic mass is 9.73. The van der Waals surface area contributed by atoms with Crippen LogP contribution in [0.15, 0.2) is 41.8 Å². The highest BCUT2D eigenvalue weighted by Gasteiger charge is 2.50. The highest BCUT2D eigenvalue weighted by atomic mass is 32.2. The molecule has 3 unspecified atom stereocenters. The van der Waals surface area contributed by atoms with Crippen molar-refractivity contribution in [3.8, 4) is 0 Å². The van der Waals surface area contributed by atoms with Gasteiger partial charge in [0, 0.05) is 22.0 Å². The van der Waals surface area contributed by atoms with Crippen molar-refractivity contribution in [2.45, 2.75) is 95.7 Å². The molecule has 1 fully saturated rings. The third kappa shape index (κ3) is 5.62. The van der Waals surface area contributed by atoms with Crippen LogP contribution in [0.5, 0.6) is 0 Å². The number of Topliss-reactive ketones (excluding diaryl/α,β-unsaturated/α-hetero) is 1. The van der Waals surface area contributed by atoms with E-state index in [1.54, 1.807) is 32.5 Å². The SMILES string of the molecule is C=C1c2cc([C@@H]3CC4CC4(C)C/C=C/[C@H](C)[C@H](O)[C@@H](C)C(=O)C(C)(C)[C@@H](O)CC(=O)O3)ccc2SC1C. The van der Waals surface area contributed by atoms with E-state index < -0.39 is 35.6 Å². The summed E-state index contributed by atoms with van der Waals surface area (Å²) >= 11 is 1.79. The van der Waals surface area contributed by atoms with Crippen molar-refractivity contribution in [2.24, 2.45) is 28.6 Å². The number of rotatable bonds is 1. The first-order valence-electron chi connectivity index (χ1n) is 13.5. The molecule has 0 spiro atoms. The summed E-state index contributed by atoms with van der Waals surface area (Å²) in [7, 11) is 0. The predicted octanol–water partition coefficient (Wildman–Crippen LogP) is 6.13. The van der Waals surface area contributed by atoms with Crippen LogP contribution in [0.4, 0.5) is 0 Å². The Morgan fingerprint density at radius 2 is 1.81 bits per heavy atom. The van der Waals surface area contributed by atoms with Crippen molar-refractivity contribution < 1.29 is 24.5 Å². The number of hydrogen-bond donors (Lipinski definition) is 2. The van der Waals surface area contributed by atoms with Gasteiger partial charge in [-0.1, -0.05) is 59.4 Å². The highest BCUT2D eigenvalue weighted by Crippen LogP contribution is 2.59. The second kappa shape index (κ2) is 10.3. The van der Waals surface area contributed by atoms with Crippen LogP contribution in [-0.2, 0) is 14.3 Å². The molecule has 6 heteroatoms. The van der Waals surface area contributed by atoms with Crippen LogP contribution >= 0.6 is 11.8 Å². The molecule has 2 aliphatic heterocycles. The number of benzene rings is 1. The molecule has 3 aliphatic rings. The highest BCUT2D eigenvalue weighted by molar-refractivity contribution is 8.00. The third-order valence-electron chi connectivity index (χ3n) is 9.14. The van der Waals surface area contributed by atoms with Crippen molar-refractivity contribution in [1.82, 2.24) is 0 Å². The minimum absolute atomic E-state index is 0.108. The molecule has 0 aromatic heterocycles. The quantitative estimate of drug-likeness (QED) is 0.338. The number of carbonyl (C=O) groups excluding carboxylic acids is 2. The fourth-order valence-electron chi connectivity index (χ4n) is 5.86. The maximum absolute atomic E-state index is 13.3. The molecule has 1 aromatic carbocycles. The van der Waals surface area contributed by atoms with Gasteiger partial charge in [-0.15, -0.1) is 11.8 Å². The van der Waals surface area contributed by atoms with E-state index in [-0.39, 0.29) is 23.5 Å². The van der Waals surface area contributed by atoms with E-state index in [0.29, 0.717) is 17.6 Å². The van der Waals surface area contributed by atoms with Crippen LogP contribution in [0.1, 0.15) is 84.5 Å². The number of aliphatic hydroxyl groups excluding tert-OH is 2. The van der Waals surface area contributed by atoms with Gasteiger partial charge < -0.3 is 14.9 Å². The first kappa shape index (κ1) is 28.1. The molecule has 2 heterocycles. The molecule has 1 aromatic rings. The van der Waals surface area contributed by atoms with Crippen LogP contribution in [-0.4, -0.2) is 39.4 Å². The lowest BCUT2D eigenvalue weighted by Crippen LogP contribution is -2.45. The van der Waals surface area contributed by atoms with Gasteiger partial charge in [-0.05, 0) is 66.4 Å². The lowest BCUT2D eigenvalue weighted by molar-refractivity contribution is -0.156. The van der Waals surface area contributed by atoms with E-state index in [0.717, 1.165) is 29.5 Å². The average molecular weight is 527 g/mol. The zero-order chi connectivity index (χ0) is 27.3. The van der Waals surface area contributed by atoms with Crippen LogP contribution in [0, 0.1) is 28.6 Å². The Bertz CT molecular complexity index is 1110. The monoisotopic (exact) mass is 526 g/mol. The van der Waals surface area contributed by atoms with E-state index >= 15 is 0 Å². The summed E-state index contributed by atoms with van der Waals surface area (Å²) in [6.45, 7) is 15.6. The van der Waals surface area contributed by atoms with E-state index in [9.17, 15) is 19.8 Å². The molecule has 5 nitrogen and oxygen atoms in total. The molecule has 0 saturated heterocycles. The predicted molar refractivity (Wildman–Crippen MR) is 148 cm³/mol. The first-order chi connectivity index (χ1) is 17.2. The van der Waals surface area contributed by atoms with Crippen molar-refractivity contribution in [3.05, 3.63) is 48.1 Å². The number of carbonyl (C=O) groups is 2. The van der Waals surface area contributed by atoms with Gasteiger partial charge in [0.05, 0.1) is 24.0 Å². The topological polar surface area (TPSA) is 83.8 Å². The van der Waals surface area contributed by atoms with Gasteiger partial charge in [-0.25, -0.2) is 0 Å². The van der Waals surface area contributed by atoms with Gasteiger partial charge in [0.1, 0.15) is 11.9 Å². The summed E-state index contributed by atoms with van der Waals surface area (Å²) in [6.07, 6.45) is 3.96. The van der Waals surface area contributed by atoms with Crippen molar-refractivity contribution in [1.29, 1.82) is 0 Å². The van der Waals surface area contributed by atoms with Gasteiger partial charge >= 0.3 is 5.97 Å². The maximum atomic E-state index is 13.3. The summed E-state index contributed by atoms with van der Waals surface area (Å²) in [5.74, 6) is -1.25. The number of allylic oxidation sites excluding steroid dienone is 1. The zero-order valence-electron chi connectivity index (χ0n) is 23.0. The Balaban J connectivity index is 1.64. The Labute approximate surface area is 225 Å². The molecular weight excluding hydrogens is 484 g/mol. The molecule has 0 bridgehead atoms. The minimum atomic E-state index is -1.22. The van der Waals surface area contributed by atoms with Gasteiger partial charge in [0.15, 0.2) is 0 Å². The molecule has 0 amide bonds. The number of hydrogen-bond acceptors (Lipinski definition) is 6. The summed E-state index contributed by atoms with van der Waals surface area (Å²) in [6, 6.07) is 6.25. The first-order valence-corrected chi connectivity index (χ1v) is 14.4. The van der Waals surface area contributed by atoms with Gasteiger partial charge in [0.2, 0.25) is 0 Å². The Morgan fingerprint density at radius 3 is 2.51 bits per heavy atom. The molecule has 202 valence electrons. The molecular formula is C31H42O5S. The molecule has 1 aliphatic carbocycles. The third-order valence-corrected chi connectivity index (χ3v) is 10.4. The van der Waals surface area contributed by atoms with E-state index in [4.69, 9.17) is 4.74 Å². The van der Waals surface area contributed by atoms with E-state index in [1.165, 1.54) is 4.90 Å². The summed E-state index contributed by atoms with van der Waals surface area (Å²) in [4.78, 5) is 27.6. The number of aliphatic hydroxyl groups is 2. The molecule has 37 heavy (non-hydrogen) atoms.